The third kappa shape index (κ3) is 16.6. The van der Waals surface area contributed by atoms with Crippen LogP contribution in [-0.2, 0) is 57.2 Å². The molecule has 2 saturated heterocycles. The van der Waals surface area contributed by atoms with Crippen LogP contribution in [0.5, 0.6) is 0 Å². The fourth-order valence-electron chi connectivity index (χ4n) is 10.7. The van der Waals surface area contributed by atoms with Crippen LogP contribution in [-0.4, -0.2) is 158 Å². The number of carbonyl (C=O) groups is 6. The Bertz CT molecular complexity index is 1950. The Hall–Kier alpha value is -3.90. The minimum absolute atomic E-state index is 0.0246. The maximum absolute atomic E-state index is 14.5. The number of esters is 2. The molecule has 2 N–H and O–H groups in total. The number of carbonyl (C=O) groups excluding carboxylic acids is 6. The minimum Gasteiger partial charge on any atom is -0.460 e. The van der Waals surface area contributed by atoms with E-state index < -0.39 is 89.8 Å². The number of rotatable bonds is 9. The van der Waals surface area contributed by atoms with Gasteiger partial charge in [-0.2, -0.15) is 0 Å². The summed E-state index contributed by atoms with van der Waals surface area (Å²) in [4.78, 5) is 87.9. The molecular formula is C55H86N2O14. The molecule has 16 nitrogen and oxygen atoms in total. The summed E-state index contributed by atoms with van der Waals surface area (Å²) in [5.74, 6) is -8.85. The normalized spacial score (nSPS) is 37.3. The Balaban J connectivity index is 1.77. The lowest BCUT2D eigenvalue weighted by Gasteiger charge is -2.42. The molecule has 1 aliphatic carbocycles. The molecule has 15 atom stereocenters. The first-order valence-corrected chi connectivity index (χ1v) is 25.9. The van der Waals surface area contributed by atoms with Crippen LogP contribution in [0.15, 0.2) is 47.6 Å². The molecule has 0 aromatic rings. The number of cyclic esters (lactones) is 1. The number of methoxy groups -OCH3 is 3. The van der Waals surface area contributed by atoms with Crippen LogP contribution in [0.2, 0.25) is 0 Å². The number of aliphatic hydroxyl groups excluding tert-OH is 1. The molecule has 16 heteroatoms. The molecule has 3 aliphatic heterocycles. The van der Waals surface area contributed by atoms with Gasteiger partial charge in [0.2, 0.25) is 5.79 Å². The molecule has 2 bridgehead atoms. The number of likely N-dealkylation sites (N-methyl/N-ethyl adjacent to an activating group) is 1. The molecule has 3 fully saturated rings. The van der Waals surface area contributed by atoms with Crippen molar-refractivity contribution in [3.63, 3.8) is 0 Å². The average Bonchev–Trinajstić information content (AvgIpc) is 3.32. The van der Waals surface area contributed by atoms with Crippen LogP contribution in [0.1, 0.15) is 126 Å². The zero-order valence-corrected chi connectivity index (χ0v) is 44.6. The highest BCUT2D eigenvalue weighted by Gasteiger charge is 2.53. The minimum atomic E-state index is -2.45. The maximum atomic E-state index is 14.5. The van der Waals surface area contributed by atoms with Crippen LogP contribution in [0.25, 0.3) is 0 Å². The number of hydrogen-bond donors (Lipinski definition) is 2. The van der Waals surface area contributed by atoms with Gasteiger partial charge in [-0.25, -0.2) is 4.79 Å². The zero-order valence-electron chi connectivity index (χ0n) is 44.6. The van der Waals surface area contributed by atoms with Gasteiger partial charge in [0, 0.05) is 58.5 Å². The van der Waals surface area contributed by atoms with Crippen molar-refractivity contribution in [1.29, 1.82) is 0 Å². The predicted octanol–water partition coefficient (Wildman–Crippen LogP) is 6.29. The Labute approximate surface area is 422 Å². The van der Waals surface area contributed by atoms with Crippen LogP contribution in [0.3, 0.4) is 0 Å². The zero-order chi connectivity index (χ0) is 52.7. The second kappa shape index (κ2) is 28.0. The van der Waals surface area contributed by atoms with Crippen LogP contribution in [0.4, 0.5) is 0 Å². The highest BCUT2D eigenvalue weighted by molar-refractivity contribution is 6.39. The molecule has 0 aromatic carbocycles. The number of ether oxygens (including phenoxy) is 6. The van der Waals surface area contributed by atoms with Crippen molar-refractivity contribution in [2.24, 2.45) is 35.5 Å². The standard InChI is InChI=1S/C55H86N2O14/c1-33-18-14-13-15-19-34(2)45(66-10)30-41-23-21-39(7)55(65,71-41)52(62)53(63)57-25-17-16-20-42(57)54(64)69-46(36(4)28-40-22-24-43(58)47(29-40)67-11)31-44(59)35(3)27-38(6)50(70-48(60)32-56(8)9)51(68-12)49(61)37(5)26-33/h13-15,18-19,27,33,35-37,39-43,45-47,50-51,58,65H,16-17,20-26,28-32H2,1-12H3/b15-13-,18-14+,34-19-,38-27?. The van der Waals surface area contributed by atoms with E-state index in [1.54, 1.807) is 60.1 Å². The summed E-state index contributed by atoms with van der Waals surface area (Å²) in [7, 11) is 7.98. The van der Waals surface area contributed by atoms with E-state index in [2.05, 4.69) is 0 Å². The van der Waals surface area contributed by atoms with Crippen molar-refractivity contribution in [1.82, 2.24) is 9.80 Å². The molecule has 0 spiro atoms. The smallest absolute Gasteiger partial charge is 0.329 e. The SMILES string of the molecule is COC1CC2CCC(C)C(O)(O2)C(=O)C(=O)N2CCCCC2C(=O)OC(C(C)CC2CCC(O)C(OC)C2)CC(=O)C(C)C=C(C)C(OC(=O)CN(C)C)C(OC)C(=O)C(C)CC(C)/C=C/C=C\C=C/1C. The van der Waals surface area contributed by atoms with Crippen LogP contribution < -0.4 is 0 Å². The Morgan fingerprint density at radius 3 is 2.25 bits per heavy atom. The quantitative estimate of drug-likeness (QED) is 0.148. The first kappa shape index (κ1) is 59.7. The third-order valence-electron chi connectivity index (χ3n) is 15.2. The summed E-state index contributed by atoms with van der Waals surface area (Å²) in [5, 5.41) is 22.6. The molecular weight excluding hydrogens is 913 g/mol. The third-order valence-corrected chi connectivity index (χ3v) is 15.2. The van der Waals surface area contributed by atoms with Gasteiger partial charge in [0.15, 0.2) is 18.0 Å². The van der Waals surface area contributed by atoms with E-state index in [1.807, 2.05) is 58.1 Å². The topological polar surface area (TPSA) is 205 Å². The van der Waals surface area contributed by atoms with Crippen molar-refractivity contribution in [3.8, 4) is 0 Å². The summed E-state index contributed by atoms with van der Waals surface area (Å²) in [6, 6.07) is -1.17. The average molecular weight is 999 g/mol. The predicted molar refractivity (Wildman–Crippen MR) is 268 cm³/mol. The monoisotopic (exact) mass is 999 g/mol. The number of ketones is 3. The molecule has 1 saturated carbocycles. The van der Waals surface area contributed by atoms with Crippen LogP contribution in [0, 0.1) is 35.5 Å². The lowest BCUT2D eigenvalue weighted by molar-refractivity contribution is -0.265. The van der Waals surface area contributed by atoms with Crippen LogP contribution >= 0.6 is 0 Å². The molecule has 0 radical (unpaired) electrons. The number of nitrogens with zero attached hydrogens (tertiary/aromatic N) is 2. The summed E-state index contributed by atoms with van der Waals surface area (Å²) >= 11 is 0. The van der Waals surface area contributed by atoms with Gasteiger partial charge in [-0.3, -0.25) is 28.9 Å². The molecule has 3 heterocycles. The van der Waals surface area contributed by atoms with Gasteiger partial charge in [0.05, 0.1) is 31.0 Å². The van der Waals surface area contributed by atoms with Gasteiger partial charge in [-0.05, 0) is 121 Å². The maximum Gasteiger partial charge on any atom is 0.329 e. The van der Waals surface area contributed by atoms with Gasteiger partial charge in [0.25, 0.3) is 11.7 Å². The number of fused-ring (bicyclic) bond motifs is 3. The van der Waals surface area contributed by atoms with E-state index in [0.29, 0.717) is 69.8 Å². The first-order valence-electron chi connectivity index (χ1n) is 25.9. The second-order valence-electron chi connectivity index (χ2n) is 21.3. The van der Waals surface area contributed by atoms with E-state index >= 15 is 0 Å². The number of Topliss-reactive ketones (excluding diaryl/α,β-unsaturated/α-hetero) is 3. The summed E-state index contributed by atoms with van der Waals surface area (Å²) in [6.45, 7) is 12.7. The van der Waals surface area contributed by atoms with E-state index in [1.165, 1.54) is 12.0 Å². The molecule has 15 unspecified atom stereocenters. The number of piperidine rings is 1. The molecule has 4 rings (SSSR count). The van der Waals surface area contributed by atoms with Crippen molar-refractivity contribution >= 4 is 35.2 Å². The van der Waals surface area contributed by atoms with E-state index in [4.69, 9.17) is 28.4 Å². The molecule has 0 aromatic heterocycles. The fraction of sp³-hybridized carbons (Fsp3) is 0.745. The van der Waals surface area contributed by atoms with Crippen molar-refractivity contribution in [2.45, 2.75) is 180 Å². The summed E-state index contributed by atoms with van der Waals surface area (Å²) < 4.78 is 35.8. The highest BCUT2D eigenvalue weighted by Crippen LogP contribution is 2.38. The molecule has 4 aliphatic rings. The fourth-order valence-corrected chi connectivity index (χ4v) is 10.7. The summed E-state index contributed by atoms with van der Waals surface area (Å²) in [6.07, 6.45) is 11.0. The van der Waals surface area contributed by atoms with Gasteiger partial charge in [0.1, 0.15) is 17.9 Å². The molecule has 71 heavy (non-hydrogen) atoms. The number of amides is 1. The van der Waals surface area contributed by atoms with Crippen molar-refractivity contribution in [3.05, 3.63) is 47.6 Å². The van der Waals surface area contributed by atoms with Gasteiger partial charge in [-0.15, -0.1) is 0 Å². The van der Waals surface area contributed by atoms with E-state index in [0.717, 1.165) is 5.57 Å². The van der Waals surface area contributed by atoms with E-state index in [-0.39, 0.29) is 61.4 Å². The second-order valence-corrected chi connectivity index (χ2v) is 21.3. The lowest BCUT2D eigenvalue weighted by atomic mass is 9.78. The number of allylic oxidation sites excluding steroid dienone is 6. The van der Waals surface area contributed by atoms with E-state index in [9.17, 15) is 39.0 Å². The van der Waals surface area contributed by atoms with Gasteiger partial charge >= 0.3 is 11.9 Å². The largest absolute Gasteiger partial charge is 0.460 e. The van der Waals surface area contributed by atoms with Gasteiger partial charge < -0.3 is 43.5 Å². The number of aliphatic hydroxyl groups is 2. The Morgan fingerprint density at radius 2 is 1.59 bits per heavy atom. The lowest BCUT2D eigenvalue weighted by Crippen LogP contribution is -2.61. The molecule has 400 valence electrons. The number of hydrogen-bond acceptors (Lipinski definition) is 15. The first-order chi connectivity index (χ1) is 33.5. The highest BCUT2D eigenvalue weighted by atomic mass is 16.6. The molecule has 1 amide bonds. The Morgan fingerprint density at radius 1 is 0.873 bits per heavy atom. The van der Waals surface area contributed by atoms with Crippen molar-refractivity contribution < 1.29 is 67.4 Å². The van der Waals surface area contributed by atoms with Gasteiger partial charge in [-0.1, -0.05) is 71.1 Å². The summed E-state index contributed by atoms with van der Waals surface area (Å²) in [5.41, 5.74) is 1.30. The Kier molecular flexibility index (Phi) is 23.5. The van der Waals surface area contributed by atoms with Crippen molar-refractivity contribution in [2.75, 3.05) is 48.5 Å².